The van der Waals surface area contributed by atoms with Crippen molar-refractivity contribution in [3.8, 4) is 0 Å². The average molecular weight is 255 g/mol. The van der Waals surface area contributed by atoms with Crippen LogP contribution in [0.2, 0.25) is 0 Å². The molecule has 84 valence electrons. The first-order valence-electron chi connectivity index (χ1n) is 4.66. The lowest BCUT2D eigenvalue weighted by molar-refractivity contribution is 0.600. The highest BCUT2D eigenvalue weighted by molar-refractivity contribution is 8.00. The number of benzene rings is 1. The Hall–Kier alpha value is -0.980. The Labute approximate surface area is 101 Å². The molecule has 0 fully saturated rings. The van der Waals surface area contributed by atoms with Crippen molar-refractivity contribution in [1.29, 1.82) is 0 Å². The molecule has 2 aromatic rings. The van der Waals surface area contributed by atoms with Gasteiger partial charge in [-0.05, 0) is 5.56 Å². The average Bonchev–Trinajstić information content (AvgIpc) is 2.81. The molecule has 0 saturated heterocycles. The molecule has 0 radical (unpaired) electrons. The fourth-order valence-corrected chi connectivity index (χ4v) is 2.73. The number of halogens is 1. The van der Waals surface area contributed by atoms with Crippen LogP contribution in [0.3, 0.4) is 0 Å². The topological polar surface area (TPSA) is 51.8 Å². The first-order valence-corrected chi connectivity index (χ1v) is 6.53. The molecule has 0 aliphatic rings. The van der Waals surface area contributed by atoms with Crippen LogP contribution in [-0.2, 0) is 12.3 Å². The summed E-state index contributed by atoms with van der Waals surface area (Å²) in [6, 6.07) is 5.29. The van der Waals surface area contributed by atoms with E-state index in [-0.39, 0.29) is 12.4 Å². The Kier molecular flexibility index (Phi) is 3.87. The summed E-state index contributed by atoms with van der Waals surface area (Å²) in [6.45, 7) is 0.225. The number of rotatable bonds is 4. The number of thioether (sulfide) groups is 1. The lowest BCUT2D eigenvalue weighted by Gasteiger charge is -2.05. The molecular formula is C10H10FN3S2. The predicted molar refractivity (Wildman–Crippen MR) is 63.8 cm³/mol. The van der Waals surface area contributed by atoms with Gasteiger partial charge in [-0.2, -0.15) is 0 Å². The minimum absolute atomic E-state index is 0.206. The van der Waals surface area contributed by atoms with E-state index in [4.69, 9.17) is 5.73 Å². The van der Waals surface area contributed by atoms with Crippen molar-refractivity contribution < 1.29 is 4.39 Å². The summed E-state index contributed by atoms with van der Waals surface area (Å²) in [5.74, 6) is 0.344. The van der Waals surface area contributed by atoms with Crippen LogP contribution in [0, 0.1) is 5.82 Å². The second-order valence-electron chi connectivity index (χ2n) is 3.09. The first-order chi connectivity index (χ1) is 7.81. The third-order valence-corrected chi connectivity index (χ3v) is 3.98. The standard InChI is InChI=1S/C10H10FN3S2/c11-9-7(4-12)2-1-3-8(9)5-15-10-14-13-6-16-10/h1-3,6H,4-5,12H2. The molecule has 2 N–H and O–H groups in total. The van der Waals surface area contributed by atoms with E-state index in [0.29, 0.717) is 16.9 Å². The largest absolute Gasteiger partial charge is 0.326 e. The molecule has 0 unspecified atom stereocenters. The molecule has 6 heteroatoms. The van der Waals surface area contributed by atoms with Gasteiger partial charge in [0.1, 0.15) is 11.3 Å². The van der Waals surface area contributed by atoms with Crippen molar-refractivity contribution in [3.05, 3.63) is 40.7 Å². The van der Waals surface area contributed by atoms with Gasteiger partial charge in [0.25, 0.3) is 0 Å². The quantitative estimate of drug-likeness (QED) is 0.852. The van der Waals surface area contributed by atoms with Gasteiger partial charge in [0.2, 0.25) is 0 Å². The zero-order valence-electron chi connectivity index (χ0n) is 8.39. The summed E-state index contributed by atoms with van der Waals surface area (Å²) >= 11 is 2.93. The van der Waals surface area contributed by atoms with Gasteiger partial charge < -0.3 is 5.73 Å². The maximum Gasteiger partial charge on any atom is 0.174 e. The van der Waals surface area contributed by atoms with Crippen LogP contribution in [0.5, 0.6) is 0 Å². The van der Waals surface area contributed by atoms with Crippen LogP contribution >= 0.6 is 23.1 Å². The highest BCUT2D eigenvalue weighted by Crippen LogP contribution is 2.25. The molecule has 1 aromatic heterocycles. The second kappa shape index (κ2) is 5.38. The first kappa shape index (κ1) is 11.5. The van der Waals surface area contributed by atoms with Crippen molar-refractivity contribution in [3.63, 3.8) is 0 Å². The number of aromatic nitrogens is 2. The van der Waals surface area contributed by atoms with Crippen LogP contribution in [0.4, 0.5) is 4.39 Å². The maximum absolute atomic E-state index is 13.8. The van der Waals surface area contributed by atoms with Crippen molar-refractivity contribution in [1.82, 2.24) is 10.2 Å². The van der Waals surface area contributed by atoms with Crippen LogP contribution in [0.1, 0.15) is 11.1 Å². The van der Waals surface area contributed by atoms with Gasteiger partial charge in [-0.1, -0.05) is 41.3 Å². The molecule has 0 aliphatic carbocycles. The molecule has 0 atom stereocenters. The van der Waals surface area contributed by atoms with Gasteiger partial charge >= 0.3 is 0 Å². The zero-order valence-corrected chi connectivity index (χ0v) is 10.0. The van der Waals surface area contributed by atoms with Crippen LogP contribution < -0.4 is 5.73 Å². The lowest BCUT2D eigenvalue weighted by atomic mass is 10.1. The van der Waals surface area contributed by atoms with Crippen molar-refractivity contribution in [2.45, 2.75) is 16.6 Å². The van der Waals surface area contributed by atoms with E-state index in [1.165, 1.54) is 23.1 Å². The Balaban J connectivity index is 2.09. The molecule has 2 rings (SSSR count). The fourth-order valence-electron chi connectivity index (χ4n) is 1.27. The highest BCUT2D eigenvalue weighted by Gasteiger charge is 2.07. The summed E-state index contributed by atoms with van der Waals surface area (Å²) in [5, 5.41) is 7.61. The van der Waals surface area contributed by atoms with Crippen molar-refractivity contribution >= 4 is 23.1 Å². The Bertz CT molecular complexity index is 459. The Morgan fingerprint density at radius 1 is 1.38 bits per heavy atom. The predicted octanol–water partition coefficient (Wildman–Crippen LogP) is 2.43. The highest BCUT2D eigenvalue weighted by atomic mass is 32.2. The minimum Gasteiger partial charge on any atom is -0.326 e. The van der Waals surface area contributed by atoms with E-state index in [2.05, 4.69) is 10.2 Å². The van der Waals surface area contributed by atoms with Crippen molar-refractivity contribution in [2.75, 3.05) is 0 Å². The summed E-state index contributed by atoms with van der Waals surface area (Å²) in [5.41, 5.74) is 8.31. The molecule has 0 saturated carbocycles. The number of nitrogens with two attached hydrogens (primary N) is 1. The number of nitrogens with zero attached hydrogens (tertiary/aromatic N) is 2. The monoisotopic (exact) mass is 255 g/mol. The van der Waals surface area contributed by atoms with Crippen LogP contribution in [0.15, 0.2) is 28.0 Å². The van der Waals surface area contributed by atoms with E-state index in [0.717, 1.165) is 4.34 Å². The zero-order chi connectivity index (χ0) is 11.4. The molecule has 0 aliphatic heterocycles. The second-order valence-corrected chi connectivity index (χ2v) is 5.14. The molecule has 0 amide bonds. The molecule has 1 aromatic carbocycles. The molecule has 3 nitrogen and oxygen atoms in total. The third-order valence-electron chi connectivity index (χ3n) is 2.07. The van der Waals surface area contributed by atoms with E-state index in [9.17, 15) is 4.39 Å². The third kappa shape index (κ3) is 2.58. The summed E-state index contributed by atoms with van der Waals surface area (Å²) in [7, 11) is 0. The van der Waals surface area contributed by atoms with Gasteiger partial charge in [-0.3, -0.25) is 0 Å². The molecule has 0 bridgehead atoms. The molecular weight excluding hydrogens is 245 g/mol. The number of hydrogen-bond acceptors (Lipinski definition) is 5. The summed E-state index contributed by atoms with van der Waals surface area (Å²) in [6.07, 6.45) is 0. The number of hydrogen-bond donors (Lipinski definition) is 1. The lowest BCUT2D eigenvalue weighted by Crippen LogP contribution is -2.02. The molecule has 1 heterocycles. The molecule has 16 heavy (non-hydrogen) atoms. The van der Waals surface area contributed by atoms with Crippen LogP contribution in [-0.4, -0.2) is 10.2 Å². The van der Waals surface area contributed by atoms with E-state index < -0.39 is 0 Å². The smallest absolute Gasteiger partial charge is 0.174 e. The normalized spacial score (nSPS) is 10.6. The maximum atomic E-state index is 13.8. The van der Waals surface area contributed by atoms with Crippen LogP contribution in [0.25, 0.3) is 0 Å². The van der Waals surface area contributed by atoms with Crippen molar-refractivity contribution in [2.24, 2.45) is 5.73 Å². The van der Waals surface area contributed by atoms with Gasteiger partial charge in [0, 0.05) is 17.9 Å². The van der Waals surface area contributed by atoms with Gasteiger partial charge in [0.15, 0.2) is 4.34 Å². The Morgan fingerprint density at radius 3 is 2.88 bits per heavy atom. The van der Waals surface area contributed by atoms with E-state index in [1.54, 1.807) is 17.6 Å². The summed E-state index contributed by atoms with van der Waals surface area (Å²) < 4.78 is 14.6. The Morgan fingerprint density at radius 2 is 2.19 bits per heavy atom. The summed E-state index contributed by atoms with van der Waals surface area (Å²) in [4.78, 5) is 0. The van der Waals surface area contributed by atoms with E-state index >= 15 is 0 Å². The van der Waals surface area contributed by atoms with E-state index in [1.807, 2.05) is 6.07 Å². The van der Waals surface area contributed by atoms with Gasteiger partial charge in [-0.25, -0.2) is 4.39 Å². The molecule has 0 spiro atoms. The fraction of sp³-hybridized carbons (Fsp3) is 0.200. The van der Waals surface area contributed by atoms with Gasteiger partial charge in [0.05, 0.1) is 0 Å². The minimum atomic E-state index is -0.206. The van der Waals surface area contributed by atoms with Gasteiger partial charge in [-0.15, -0.1) is 10.2 Å². The SMILES string of the molecule is NCc1cccc(CSc2nncs2)c1F.